The van der Waals surface area contributed by atoms with Crippen LogP contribution in [0.5, 0.6) is 5.75 Å². The van der Waals surface area contributed by atoms with E-state index in [1.54, 1.807) is 54.6 Å². The van der Waals surface area contributed by atoms with Crippen LogP contribution in [0.4, 0.5) is 10.1 Å². The molecule has 1 N–H and O–H groups in total. The summed E-state index contributed by atoms with van der Waals surface area (Å²) in [5, 5.41) is 3.12. The average Bonchev–Trinajstić information content (AvgIpc) is 3.59. The smallest absolute Gasteiger partial charge is 0.264 e. The van der Waals surface area contributed by atoms with Gasteiger partial charge in [-0.2, -0.15) is 0 Å². The molecule has 1 aliphatic carbocycles. The molecule has 8 nitrogen and oxygen atoms in total. The molecular weight excluding hydrogens is 617 g/mol. The monoisotopic (exact) mass is 657 g/mol. The molecule has 2 amide bonds. The van der Waals surface area contributed by atoms with Gasteiger partial charge in [-0.05, 0) is 55.7 Å². The van der Waals surface area contributed by atoms with Gasteiger partial charge in [0, 0.05) is 24.6 Å². The minimum Gasteiger partial charge on any atom is -0.495 e. The maximum absolute atomic E-state index is 15.1. The highest BCUT2D eigenvalue weighted by molar-refractivity contribution is 7.92. The van der Waals surface area contributed by atoms with Crippen molar-refractivity contribution in [1.29, 1.82) is 0 Å². The van der Waals surface area contributed by atoms with E-state index in [0.29, 0.717) is 0 Å². The van der Waals surface area contributed by atoms with E-state index in [1.165, 1.54) is 30.2 Å². The number of para-hydroxylation sites is 2. The van der Waals surface area contributed by atoms with Crippen LogP contribution in [0.1, 0.15) is 42.4 Å². The summed E-state index contributed by atoms with van der Waals surface area (Å²) >= 11 is 0. The molecule has 0 radical (unpaired) electrons. The van der Waals surface area contributed by atoms with Crippen molar-refractivity contribution in [2.75, 3.05) is 18.0 Å². The quantitative estimate of drug-likeness (QED) is 0.189. The first kappa shape index (κ1) is 33.7. The molecule has 0 saturated heterocycles. The van der Waals surface area contributed by atoms with Crippen molar-refractivity contribution in [3.05, 3.63) is 126 Å². The molecule has 4 aromatic rings. The molecule has 1 aliphatic rings. The highest BCUT2D eigenvalue weighted by Gasteiger charge is 2.36. The molecular formula is C37H40FN3O5S. The Kier molecular flexibility index (Phi) is 10.9. The van der Waals surface area contributed by atoms with Gasteiger partial charge in [-0.15, -0.1) is 0 Å². The third kappa shape index (κ3) is 8.18. The molecule has 1 unspecified atom stereocenters. The minimum absolute atomic E-state index is 0.0118. The van der Waals surface area contributed by atoms with Crippen LogP contribution in [0, 0.1) is 12.7 Å². The van der Waals surface area contributed by atoms with Crippen LogP contribution >= 0.6 is 0 Å². The summed E-state index contributed by atoms with van der Waals surface area (Å²) in [5.74, 6) is -1.32. The van der Waals surface area contributed by atoms with Crippen molar-refractivity contribution in [1.82, 2.24) is 10.2 Å². The second kappa shape index (κ2) is 15.3. The van der Waals surface area contributed by atoms with E-state index in [1.807, 2.05) is 37.3 Å². The van der Waals surface area contributed by atoms with Crippen LogP contribution in [-0.4, -0.2) is 50.9 Å². The van der Waals surface area contributed by atoms with E-state index in [0.717, 1.165) is 41.1 Å². The zero-order valence-corrected chi connectivity index (χ0v) is 27.5. The maximum atomic E-state index is 15.1. The Balaban J connectivity index is 1.59. The number of carbonyl (C=O) groups excluding carboxylic acids is 2. The third-order valence-corrected chi connectivity index (χ3v) is 10.3. The number of aryl methyl sites for hydroxylation is 1. The van der Waals surface area contributed by atoms with Gasteiger partial charge in [0.2, 0.25) is 11.8 Å². The Labute approximate surface area is 276 Å². The van der Waals surface area contributed by atoms with Crippen LogP contribution < -0.4 is 14.4 Å². The molecule has 0 bridgehead atoms. The molecule has 47 heavy (non-hydrogen) atoms. The first-order chi connectivity index (χ1) is 22.7. The lowest BCUT2D eigenvalue weighted by Gasteiger charge is -2.34. The first-order valence-corrected chi connectivity index (χ1v) is 17.2. The predicted molar refractivity (Wildman–Crippen MR) is 180 cm³/mol. The number of hydrogen-bond acceptors (Lipinski definition) is 5. The molecule has 246 valence electrons. The Bertz CT molecular complexity index is 1780. The Morgan fingerprint density at radius 3 is 2.21 bits per heavy atom. The van der Waals surface area contributed by atoms with Gasteiger partial charge in [0.15, 0.2) is 0 Å². The van der Waals surface area contributed by atoms with Crippen molar-refractivity contribution < 1.29 is 27.1 Å². The van der Waals surface area contributed by atoms with E-state index in [4.69, 9.17) is 4.74 Å². The number of halogens is 1. The summed E-state index contributed by atoms with van der Waals surface area (Å²) in [5.41, 5.74) is 2.04. The standard InChI is InChI=1S/C37H40FN3O5S/c1-27-20-22-31(23-21-27)47(44,45)41(33-18-10-11-19-35(33)46-2)26-36(42)40(25-29-14-6-9-17-32(29)38)34(24-28-12-4-3-5-13-28)37(43)39-30-15-7-8-16-30/h3-6,9-14,17-23,30,34H,7-8,15-16,24-26H2,1-2H3,(H,39,43). The normalized spacial score (nSPS) is 13.9. The Hall–Kier alpha value is -4.70. The van der Waals surface area contributed by atoms with Gasteiger partial charge in [-0.25, -0.2) is 12.8 Å². The number of sulfonamides is 1. The fourth-order valence-corrected chi connectivity index (χ4v) is 7.34. The number of nitrogens with one attached hydrogen (secondary N) is 1. The van der Waals surface area contributed by atoms with Crippen LogP contribution in [0.15, 0.2) is 108 Å². The SMILES string of the molecule is COc1ccccc1N(CC(=O)N(Cc1ccccc1F)C(Cc1ccccc1)C(=O)NC1CCCC1)S(=O)(=O)c1ccc(C)cc1. The number of rotatable bonds is 13. The van der Waals surface area contributed by atoms with Crippen molar-refractivity contribution in [3.63, 3.8) is 0 Å². The highest BCUT2D eigenvalue weighted by Crippen LogP contribution is 2.33. The van der Waals surface area contributed by atoms with Gasteiger partial charge in [0.1, 0.15) is 24.2 Å². The zero-order chi connectivity index (χ0) is 33.4. The van der Waals surface area contributed by atoms with Crippen molar-refractivity contribution >= 4 is 27.5 Å². The van der Waals surface area contributed by atoms with Crippen LogP contribution in [0.2, 0.25) is 0 Å². The molecule has 1 fully saturated rings. The first-order valence-electron chi connectivity index (χ1n) is 15.8. The van der Waals surface area contributed by atoms with E-state index in [-0.39, 0.29) is 46.8 Å². The lowest BCUT2D eigenvalue weighted by molar-refractivity contribution is -0.140. The molecule has 4 aromatic carbocycles. The second-order valence-corrected chi connectivity index (χ2v) is 13.7. The van der Waals surface area contributed by atoms with Crippen LogP contribution in [0.25, 0.3) is 0 Å². The number of amides is 2. The van der Waals surface area contributed by atoms with E-state index < -0.39 is 34.3 Å². The van der Waals surface area contributed by atoms with E-state index >= 15 is 4.39 Å². The molecule has 5 rings (SSSR count). The Morgan fingerprint density at radius 2 is 1.53 bits per heavy atom. The van der Waals surface area contributed by atoms with Gasteiger partial charge in [0.05, 0.1) is 17.7 Å². The van der Waals surface area contributed by atoms with Crippen molar-refractivity contribution in [3.8, 4) is 5.75 Å². The molecule has 1 atom stereocenters. The number of benzene rings is 4. The van der Waals surface area contributed by atoms with Crippen LogP contribution in [-0.2, 0) is 32.6 Å². The number of hydrogen-bond donors (Lipinski definition) is 1. The number of ether oxygens (including phenoxy) is 1. The number of carbonyl (C=O) groups is 2. The van der Waals surface area contributed by atoms with Crippen molar-refractivity contribution in [2.45, 2.75) is 62.6 Å². The average molecular weight is 658 g/mol. The fraction of sp³-hybridized carbons (Fsp3) is 0.297. The summed E-state index contributed by atoms with van der Waals surface area (Å²) in [4.78, 5) is 30.0. The van der Waals surface area contributed by atoms with Gasteiger partial charge in [-0.1, -0.05) is 91.2 Å². The second-order valence-electron chi connectivity index (χ2n) is 11.8. The fourth-order valence-electron chi connectivity index (χ4n) is 5.92. The molecule has 0 aromatic heterocycles. The number of nitrogens with zero attached hydrogens (tertiary/aromatic N) is 2. The highest BCUT2D eigenvalue weighted by atomic mass is 32.2. The molecule has 1 saturated carbocycles. The van der Waals surface area contributed by atoms with Crippen LogP contribution in [0.3, 0.4) is 0 Å². The zero-order valence-electron chi connectivity index (χ0n) is 26.6. The maximum Gasteiger partial charge on any atom is 0.264 e. The predicted octanol–water partition coefficient (Wildman–Crippen LogP) is 6.04. The summed E-state index contributed by atoms with van der Waals surface area (Å²) in [6.07, 6.45) is 3.82. The molecule has 0 heterocycles. The number of anilines is 1. The topological polar surface area (TPSA) is 96.0 Å². The summed E-state index contributed by atoms with van der Waals surface area (Å²) in [6.45, 7) is 0.945. The van der Waals surface area contributed by atoms with Crippen molar-refractivity contribution in [2.24, 2.45) is 0 Å². The summed E-state index contributed by atoms with van der Waals surface area (Å²) in [7, 11) is -2.88. The van der Waals surface area contributed by atoms with Gasteiger partial charge >= 0.3 is 0 Å². The molecule has 0 spiro atoms. The third-order valence-electron chi connectivity index (χ3n) is 8.51. The summed E-state index contributed by atoms with van der Waals surface area (Å²) < 4.78 is 50.2. The lowest BCUT2D eigenvalue weighted by Crippen LogP contribution is -2.54. The summed E-state index contributed by atoms with van der Waals surface area (Å²) in [6, 6.07) is 27.2. The minimum atomic E-state index is -4.31. The van der Waals surface area contributed by atoms with Gasteiger partial charge in [0.25, 0.3) is 10.0 Å². The largest absolute Gasteiger partial charge is 0.495 e. The number of methoxy groups -OCH3 is 1. The Morgan fingerprint density at radius 1 is 0.894 bits per heavy atom. The lowest BCUT2D eigenvalue weighted by atomic mass is 10.0. The van der Waals surface area contributed by atoms with Gasteiger partial charge < -0.3 is 15.0 Å². The van der Waals surface area contributed by atoms with Gasteiger partial charge in [-0.3, -0.25) is 13.9 Å². The molecule has 10 heteroatoms. The van der Waals surface area contributed by atoms with E-state index in [2.05, 4.69) is 5.32 Å². The molecule has 0 aliphatic heterocycles. The van der Waals surface area contributed by atoms with E-state index in [9.17, 15) is 18.0 Å².